The van der Waals surface area contributed by atoms with E-state index in [9.17, 15) is 0 Å². The summed E-state index contributed by atoms with van der Waals surface area (Å²) in [4.78, 5) is 0. The van der Waals surface area contributed by atoms with Gasteiger partial charge in [-0.1, -0.05) is 29.8 Å². The molecule has 0 saturated heterocycles. The van der Waals surface area contributed by atoms with Crippen LogP contribution in [-0.4, -0.2) is 4.37 Å². The number of hydrogen-bond donors (Lipinski definition) is 1. The number of benzene rings is 1. The smallest absolute Gasteiger partial charge is 0.162 e. The molecule has 0 fully saturated rings. The molecule has 3 nitrogen and oxygen atoms in total. The molecule has 0 saturated carbocycles. The van der Waals surface area contributed by atoms with E-state index in [-0.39, 0.29) is 11.2 Å². The van der Waals surface area contributed by atoms with E-state index < -0.39 is 0 Å². The lowest BCUT2D eigenvalue weighted by Gasteiger charge is -2.17. The zero-order valence-electron chi connectivity index (χ0n) is 11.0. The number of aromatic nitrogens is 1. The van der Waals surface area contributed by atoms with Crippen molar-refractivity contribution in [1.82, 2.24) is 4.37 Å². The molecule has 2 aromatic rings. The molecule has 0 aliphatic heterocycles. The number of nitrogens with one attached hydrogen (secondary N) is 1. The molecular weight excluding hydrogens is 278 g/mol. The van der Waals surface area contributed by atoms with Crippen molar-refractivity contribution in [3.05, 3.63) is 45.6 Å². The van der Waals surface area contributed by atoms with Gasteiger partial charge < -0.3 is 5.32 Å². The van der Waals surface area contributed by atoms with Gasteiger partial charge in [0.2, 0.25) is 0 Å². The lowest BCUT2D eigenvalue weighted by atomic mass is 9.98. The molecule has 98 valence electrons. The van der Waals surface area contributed by atoms with Gasteiger partial charge in [0.05, 0.1) is 0 Å². The Kier molecular flexibility index (Phi) is 4.08. The molecule has 1 atom stereocenters. The summed E-state index contributed by atoms with van der Waals surface area (Å²) >= 11 is 7.09. The minimum atomic E-state index is 0.100. The molecule has 1 unspecified atom stereocenters. The van der Waals surface area contributed by atoms with Crippen LogP contribution in [0.1, 0.15) is 35.2 Å². The maximum absolute atomic E-state index is 9.06. The van der Waals surface area contributed by atoms with Gasteiger partial charge >= 0.3 is 0 Å². The van der Waals surface area contributed by atoms with Crippen LogP contribution in [0.5, 0.6) is 0 Å². The Morgan fingerprint density at radius 3 is 2.84 bits per heavy atom. The van der Waals surface area contributed by atoms with Gasteiger partial charge in [-0.3, -0.25) is 0 Å². The van der Waals surface area contributed by atoms with Crippen LogP contribution in [0.4, 0.5) is 5.00 Å². The van der Waals surface area contributed by atoms with Crippen molar-refractivity contribution in [1.29, 1.82) is 5.26 Å². The molecule has 19 heavy (non-hydrogen) atoms. The molecule has 0 bridgehead atoms. The molecule has 2 rings (SSSR count). The molecular formula is C14H14ClN3S. The maximum atomic E-state index is 9.06. The van der Waals surface area contributed by atoms with E-state index in [1.54, 1.807) is 0 Å². The number of halogens is 1. The number of hydrogen-bond acceptors (Lipinski definition) is 4. The van der Waals surface area contributed by atoms with Gasteiger partial charge in [0.1, 0.15) is 16.6 Å². The van der Waals surface area contributed by atoms with Crippen LogP contribution >= 0.6 is 23.1 Å². The fraction of sp³-hybridized carbons (Fsp3) is 0.286. The Hall–Kier alpha value is -1.57. The first-order valence-electron chi connectivity index (χ1n) is 5.92. The summed E-state index contributed by atoms with van der Waals surface area (Å²) in [6.45, 7) is 6.26. The SMILES string of the molecule is Cc1cccc(C(C)Nc2snc(Cl)c2C#N)c1C. The highest BCUT2D eigenvalue weighted by atomic mass is 35.5. The second-order valence-electron chi connectivity index (χ2n) is 4.44. The van der Waals surface area contributed by atoms with E-state index in [0.717, 1.165) is 5.00 Å². The third kappa shape index (κ3) is 2.73. The van der Waals surface area contributed by atoms with Crippen molar-refractivity contribution >= 4 is 28.1 Å². The van der Waals surface area contributed by atoms with Gasteiger partial charge in [0.15, 0.2) is 5.15 Å². The van der Waals surface area contributed by atoms with Crippen molar-refractivity contribution in [2.45, 2.75) is 26.8 Å². The molecule has 1 aromatic carbocycles. The highest BCUT2D eigenvalue weighted by Crippen LogP contribution is 2.31. The fourth-order valence-corrected chi connectivity index (χ4v) is 3.01. The van der Waals surface area contributed by atoms with Crippen LogP contribution in [0.3, 0.4) is 0 Å². The average Bonchev–Trinajstić information content (AvgIpc) is 2.73. The monoisotopic (exact) mass is 291 g/mol. The largest absolute Gasteiger partial charge is 0.368 e. The fourth-order valence-electron chi connectivity index (χ4n) is 1.98. The van der Waals surface area contributed by atoms with Crippen LogP contribution in [-0.2, 0) is 0 Å². The van der Waals surface area contributed by atoms with E-state index >= 15 is 0 Å². The number of nitrogens with zero attached hydrogens (tertiary/aromatic N) is 2. The summed E-state index contributed by atoms with van der Waals surface area (Å²) in [6.07, 6.45) is 0. The van der Waals surface area contributed by atoms with Crippen molar-refractivity contribution in [3.63, 3.8) is 0 Å². The summed E-state index contributed by atoms with van der Waals surface area (Å²) in [5.74, 6) is 0. The second kappa shape index (κ2) is 5.60. The molecule has 0 radical (unpaired) electrons. The van der Waals surface area contributed by atoms with Crippen LogP contribution in [0.25, 0.3) is 0 Å². The lowest BCUT2D eigenvalue weighted by molar-refractivity contribution is 0.875. The first-order valence-corrected chi connectivity index (χ1v) is 7.07. The van der Waals surface area contributed by atoms with Crippen LogP contribution in [0, 0.1) is 25.2 Å². The topological polar surface area (TPSA) is 48.7 Å². The van der Waals surface area contributed by atoms with E-state index in [1.165, 1.54) is 28.2 Å². The minimum absolute atomic E-state index is 0.100. The van der Waals surface area contributed by atoms with Crippen molar-refractivity contribution in [2.24, 2.45) is 0 Å². The molecule has 0 aliphatic rings. The Bertz CT molecular complexity index is 643. The van der Waals surface area contributed by atoms with Gasteiger partial charge in [-0.25, -0.2) is 0 Å². The number of aryl methyl sites for hydroxylation is 1. The van der Waals surface area contributed by atoms with E-state index in [2.05, 4.69) is 48.7 Å². The standard InChI is InChI=1S/C14H14ClN3S/c1-8-5-4-6-11(9(8)2)10(3)17-14-12(7-16)13(15)18-19-14/h4-6,10,17H,1-3H3. The predicted molar refractivity (Wildman–Crippen MR) is 79.8 cm³/mol. The maximum Gasteiger partial charge on any atom is 0.162 e. The highest BCUT2D eigenvalue weighted by molar-refractivity contribution is 7.10. The Morgan fingerprint density at radius 1 is 1.42 bits per heavy atom. The van der Waals surface area contributed by atoms with E-state index in [1.807, 2.05) is 6.07 Å². The Labute approximate surface area is 122 Å². The minimum Gasteiger partial charge on any atom is -0.368 e. The number of nitriles is 1. The average molecular weight is 292 g/mol. The Balaban J connectivity index is 2.29. The first-order chi connectivity index (χ1) is 9.04. The molecule has 5 heteroatoms. The molecule has 1 heterocycles. The van der Waals surface area contributed by atoms with Crippen LogP contribution in [0.2, 0.25) is 5.15 Å². The molecule has 0 aliphatic carbocycles. The van der Waals surface area contributed by atoms with Gasteiger partial charge in [-0.2, -0.15) is 9.64 Å². The Morgan fingerprint density at radius 2 is 2.16 bits per heavy atom. The summed E-state index contributed by atoms with van der Waals surface area (Å²) in [7, 11) is 0. The molecule has 0 amide bonds. The lowest BCUT2D eigenvalue weighted by Crippen LogP contribution is -2.08. The van der Waals surface area contributed by atoms with Gasteiger partial charge in [-0.15, -0.1) is 0 Å². The van der Waals surface area contributed by atoms with Crippen molar-refractivity contribution < 1.29 is 0 Å². The molecule has 1 N–H and O–H groups in total. The molecule has 1 aromatic heterocycles. The van der Waals surface area contributed by atoms with Gasteiger partial charge in [0.25, 0.3) is 0 Å². The third-order valence-corrected chi connectivity index (χ3v) is 4.38. The number of rotatable bonds is 3. The van der Waals surface area contributed by atoms with Gasteiger partial charge in [-0.05, 0) is 49.0 Å². The third-order valence-electron chi connectivity index (χ3n) is 3.22. The zero-order valence-corrected chi connectivity index (χ0v) is 12.6. The number of anilines is 1. The van der Waals surface area contributed by atoms with Crippen LogP contribution < -0.4 is 5.32 Å². The predicted octanol–water partition coefficient (Wildman–Crippen LogP) is 4.46. The highest BCUT2D eigenvalue weighted by Gasteiger charge is 2.16. The van der Waals surface area contributed by atoms with Crippen LogP contribution in [0.15, 0.2) is 18.2 Å². The first kappa shape index (κ1) is 13.9. The summed E-state index contributed by atoms with van der Waals surface area (Å²) < 4.78 is 4.00. The summed E-state index contributed by atoms with van der Waals surface area (Å²) in [5, 5.41) is 13.4. The normalized spacial score (nSPS) is 11.9. The molecule has 0 spiro atoms. The summed E-state index contributed by atoms with van der Waals surface area (Å²) in [6, 6.07) is 8.41. The van der Waals surface area contributed by atoms with Crippen molar-refractivity contribution in [2.75, 3.05) is 5.32 Å². The quantitative estimate of drug-likeness (QED) is 0.908. The van der Waals surface area contributed by atoms with E-state index in [4.69, 9.17) is 16.9 Å². The zero-order chi connectivity index (χ0) is 14.0. The summed E-state index contributed by atoms with van der Waals surface area (Å²) in [5.41, 5.74) is 4.16. The van der Waals surface area contributed by atoms with Crippen molar-refractivity contribution in [3.8, 4) is 6.07 Å². The van der Waals surface area contributed by atoms with Gasteiger partial charge in [0, 0.05) is 6.04 Å². The van der Waals surface area contributed by atoms with E-state index in [0.29, 0.717) is 5.56 Å². The second-order valence-corrected chi connectivity index (χ2v) is 5.58.